The molecule has 0 unspecified atom stereocenters. The SMILES string of the molecule is CCNC(=NCCc1ccco1)NCCC1=CCOCC1.I. The first-order chi connectivity index (χ1) is 10.4. The van der Waals surface area contributed by atoms with Crippen molar-refractivity contribution in [3.63, 3.8) is 0 Å². The maximum atomic E-state index is 5.31. The molecule has 0 fully saturated rings. The molecule has 5 nitrogen and oxygen atoms in total. The van der Waals surface area contributed by atoms with Crippen LogP contribution in [0.25, 0.3) is 0 Å². The fraction of sp³-hybridized carbons (Fsp3) is 0.562. The van der Waals surface area contributed by atoms with Gasteiger partial charge in [0.05, 0.1) is 19.5 Å². The molecule has 0 aromatic carbocycles. The normalized spacial score (nSPS) is 15.0. The predicted octanol–water partition coefficient (Wildman–Crippen LogP) is 2.73. The lowest BCUT2D eigenvalue weighted by Crippen LogP contribution is -2.38. The van der Waals surface area contributed by atoms with E-state index in [4.69, 9.17) is 9.15 Å². The van der Waals surface area contributed by atoms with Crippen LogP contribution in [0.2, 0.25) is 0 Å². The summed E-state index contributed by atoms with van der Waals surface area (Å²) < 4.78 is 10.6. The average molecular weight is 419 g/mol. The molecule has 1 aromatic heterocycles. The molecule has 1 aliphatic heterocycles. The summed E-state index contributed by atoms with van der Waals surface area (Å²) in [6, 6.07) is 3.89. The van der Waals surface area contributed by atoms with Crippen LogP contribution in [0.4, 0.5) is 0 Å². The molecule has 0 spiro atoms. The van der Waals surface area contributed by atoms with Crippen LogP contribution in [-0.4, -0.2) is 38.8 Å². The summed E-state index contributed by atoms with van der Waals surface area (Å²) in [5.74, 6) is 1.85. The molecule has 0 saturated carbocycles. The van der Waals surface area contributed by atoms with E-state index in [0.717, 1.165) is 63.8 Å². The van der Waals surface area contributed by atoms with E-state index in [2.05, 4.69) is 28.6 Å². The summed E-state index contributed by atoms with van der Waals surface area (Å²) in [4.78, 5) is 4.56. The van der Waals surface area contributed by atoms with Gasteiger partial charge in [0.2, 0.25) is 0 Å². The zero-order chi connectivity index (χ0) is 14.8. The van der Waals surface area contributed by atoms with Crippen LogP contribution in [-0.2, 0) is 11.2 Å². The Morgan fingerprint density at radius 2 is 2.23 bits per heavy atom. The van der Waals surface area contributed by atoms with Gasteiger partial charge in [-0.1, -0.05) is 11.6 Å². The Labute approximate surface area is 149 Å². The van der Waals surface area contributed by atoms with Crippen molar-refractivity contribution >= 4 is 29.9 Å². The van der Waals surface area contributed by atoms with Crippen molar-refractivity contribution < 1.29 is 9.15 Å². The van der Waals surface area contributed by atoms with E-state index in [0.29, 0.717) is 0 Å². The van der Waals surface area contributed by atoms with E-state index >= 15 is 0 Å². The quantitative estimate of drug-likeness (QED) is 0.309. The van der Waals surface area contributed by atoms with Crippen LogP contribution >= 0.6 is 24.0 Å². The molecule has 6 heteroatoms. The fourth-order valence-electron chi connectivity index (χ4n) is 2.21. The Hall–Kier alpha value is -1.02. The van der Waals surface area contributed by atoms with Crippen molar-refractivity contribution in [2.75, 3.05) is 32.8 Å². The number of furan rings is 1. The second-order valence-corrected chi connectivity index (χ2v) is 4.95. The van der Waals surface area contributed by atoms with Crippen molar-refractivity contribution in [2.24, 2.45) is 4.99 Å². The van der Waals surface area contributed by atoms with Crippen LogP contribution in [0.3, 0.4) is 0 Å². The predicted molar refractivity (Wildman–Crippen MR) is 99.9 cm³/mol. The standard InChI is InChI=1S/C16H25N3O2.HI/c1-2-17-16(19-10-6-15-4-3-11-21-15)18-9-5-14-7-12-20-13-8-14;/h3-4,7,11H,2,5-6,8-10,12-13H2,1H3,(H2,17,18,19);1H. The van der Waals surface area contributed by atoms with Gasteiger partial charge in [-0.05, 0) is 31.9 Å². The van der Waals surface area contributed by atoms with E-state index in [-0.39, 0.29) is 24.0 Å². The number of hydrogen-bond donors (Lipinski definition) is 2. The summed E-state index contributed by atoms with van der Waals surface area (Å²) in [5, 5.41) is 6.64. The van der Waals surface area contributed by atoms with Crippen molar-refractivity contribution in [1.29, 1.82) is 0 Å². The summed E-state index contributed by atoms with van der Waals surface area (Å²) in [6.45, 7) is 6.17. The maximum Gasteiger partial charge on any atom is 0.191 e. The smallest absolute Gasteiger partial charge is 0.191 e. The second kappa shape index (κ2) is 11.5. The molecule has 2 N–H and O–H groups in total. The number of nitrogens with zero attached hydrogens (tertiary/aromatic N) is 1. The third-order valence-electron chi connectivity index (χ3n) is 3.35. The number of guanidine groups is 1. The lowest BCUT2D eigenvalue weighted by atomic mass is 10.1. The van der Waals surface area contributed by atoms with Gasteiger partial charge in [0.25, 0.3) is 0 Å². The van der Waals surface area contributed by atoms with Crippen molar-refractivity contribution in [3.8, 4) is 0 Å². The molecule has 22 heavy (non-hydrogen) atoms. The minimum absolute atomic E-state index is 0. The molecule has 2 heterocycles. The summed E-state index contributed by atoms with van der Waals surface area (Å²) in [6.07, 6.45) is 6.81. The van der Waals surface area contributed by atoms with Gasteiger partial charge in [0.1, 0.15) is 5.76 Å². The van der Waals surface area contributed by atoms with Gasteiger partial charge in [0, 0.05) is 26.1 Å². The Kier molecular flexibility index (Phi) is 9.98. The summed E-state index contributed by atoms with van der Waals surface area (Å²) in [5.41, 5.74) is 1.47. The minimum atomic E-state index is 0. The van der Waals surface area contributed by atoms with Gasteiger partial charge in [-0.3, -0.25) is 4.99 Å². The lowest BCUT2D eigenvalue weighted by Gasteiger charge is -2.15. The van der Waals surface area contributed by atoms with E-state index < -0.39 is 0 Å². The van der Waals surface area contributed by atoms with E-state index in [1.807, 2.05) is 12.1 Å². The molecule has 0 bridgehead atoms. The van der Waals surface area contributed by atoms with E-state index in [1.165, 1.54) is 5.57 Å². The lowest BCUT2D eigenvalue weighted by molar-refractivity contribution is 0.153. The molecule has 0 atom stereocenters. The molecule has 1 aliphatic rings. The van der Waals surface area contributed by atoms with Crippen LogP contribution in [0, 0.1) is 0 Å². The first-order valence-electron chi connectivity index (χ1n) is 7.68. The Bertz CT molecular complexity index is 458. The second-order valence-electron chi connectivity index (χ2n) is 4.95. The molecule has 124 valence electrons. The zero-order valence-electron chi connectivity index (χ0n) is 13.1. The monoisotopic (exact) mass is 419 g/mol. The largest absolute Gasteiger partial charge is 0.469 e. The van der Waals surface area contributed by atoms with E-state index in [1.54, 1.807) is 6.26 Å². The Morgan fingerprint density at radius 3 is 2.91 bits per heavy atom. The summed E-state index contributed by atoms with van der Waals surface area (Å²) >= 11 is 0. The van der Waals surface area contributed by atoms with Crippen LogP contribution in [0.1, 0.15) is 25.5 Å². The first kappa shape index (κ1) is 19.0. The molecule has 0 saturated heterocycles. The average Bonchev–Trinajstić information content (AvgIpc) is 3.02. The zero-order valence-corrected chi connectivity index (χ0v) is 15.5. The van der Waals surface area contributed by atoms with E-state index in [9.17, 15) is 0 Å². The first-order valence-corrected chi connectivity index (χ1v) is 7.68. The highest BCUT2D eigenvalue weighted by Gasteiger charge is 2.04. The third-order valence-corrected chi connectivity index (χ3v) is 3.35. The Balaban J connectivity index is 0.00000242. The van der Waals surface area contributed by atoms with Crippen LogP contribution in [0.15, 0.2) is 39.5 Å². The molecule has 0 radical (unpaired) electrons. The van der Waals surface area contributed by atoms with Gasteiger partial charge in [0.15, 0.2) is 5.96 Å². The Morgan fingerprint density at radius 1 is 1.32 bits per heavy atom. The van der Waals surface area contributed by atoms with Gasteiger partial charge >= 0.3 is 0 Å². The number of hydrogen-bond acceptors (Lipinski definition) is 3. The number of nitrogens with one attached hydrogen (secondary N) is 2. The molecule has 1 aromatic rings. The number of halogens is 1. The maximum absolute atomic E-state index is 5.31. The molecular weight excluding hydrogens is 393 g/mol. The highest BCUT2D eigenvalue weighted by atomic mass is 127. The van der Waals surface area contributed by atoms with Gasteiger partial charge in [-0.15, -0.1) is 24.0 Å². The third kappa shape index (κ3) is 7.31. The van der Waals surface area contributed by atoms with Crippen molar-refractivity contribution in [1.82, 2.24) is 10.6 Å². The summed E-state index contributed by atoms with van der Waals surface area (Å²) in [7, 11) is 0. The van der Waals surface area contributed by atoms with Crippen molar-refractivity contribution in [2.45, 2.75) is 26.2 Å². The highest BCUT2D eigenvalue weighted by molar-refractivity contribution is 14.0. The number of ether oxygens (including phenoxy) is 1. The molecule has 0 amide bonds. The van der Waals surface area contributed by atoms with Crippen molar-refractivity contribution in [3.05, 3.63) is 35.8 Å². The number of rotatable bonds is 7. The molecule has 2 rings (SSSR count). The molecule has 0 aliphatic carbocycles. The van der Waals surface area contributed by atoms with Crippen LogP contribution in [0.5, 0.6) is 0 Å². The fourth-order valence-corrected chi connectivity index (χ4v) is 2.21. The highest BCUT2D eigenvalue weighted by Crippen LogP contribution is 2.10. The van der Waals surface area contributed by atoms with Gasteiger partial charge < -0.3 is 19.8 Å². The van der Waals surface area contributed by atoms with Crippen LogP contribution < -0.4 is 10.6 Å². The topological polar surface area (TPSA) is 58.8 Å². The van der Waals surface area contributed by atoms with Gasteiger partial charge in [-0.2, -0.15) is 0 Å². The number of aliphatic imine (C=N–C) groups is 1. The minimum Gasteiger partial charge on any atom is -0.469 e. The van der Waals surface area contributed by atoms with Gasteiger partial charge in [-0.25, -0.2) is 0 Å². The molecular formula is C16H26IN3O2.